The summed E-state index contributed by atoms with van der Waals surface area (Å²) in [5.41, 5.74) is 5.55. The smallest absolute Gasteiger partial charge is 0.222 e. The summed E-state index contributed by atoms with van der Waals surface area (Å²) in [6, 6.07) is 0.551. The fourth-order valence-electron chi connectivity index (χ4n) is 3.11. The van der Waals surface area contributed by atoms with E-state index >= 15 is 0 Å². The zero-order valence-corrected chi connectivity index (χ0v) is 11.6. The second-order valence-electron chi connectivity index (χ2n) is 6.00. The standard InChI is InChI=1S/C15H28N2O/c16-11-4-12-17(14-8-9-14)15(18)10-7-13-5-2-1-3-6-13/h13-14H,1-12,16H2. The van der Waals surface area contributed by atoms with Crippen molar-refractivity contribution in [3.8, 4) is 0 Å². The summed E-state index contributed by atoms with van der Waals surface area (Å²) >= 11 is 0. The Morgan fingerprint density at radius 3 is 2.44 bits per heavy atom. The second-order valence-corrected chi connectivity index (χ2v) is 6.00. The third-order valence-electron chi connectivity index (χ3n) is 4.40. The zero-order chi connectivity index (χ0) is 12.8. The Hall–Kier alpha value is -0.570. The fraction of sp³-hybridized carbons (Fsp3) is 0.933. The Kier molecular flexibility index (Phi) is 5.48. The number of hydrogen-bond donors (Lipinski definition) is 1. The van der Waals surface area contributed by atoms with Gasteiger partial charge in [-0.2, -0.15) is 0 Å². The molecule has 0 radical (unpaired) electrons. The predicted octanol–water partition coefficient (Wildman–Crippen LogP) is 2.69. The van der Waals surface area contributed by atoms with Crippen LogP contribution in [0.2, 0.25) is 0 Å². The quantitative estimate of drug-likeness (QED) is 0.757. The lowest BCUT2D eigenvalue weighted by Crippen LogP contribution is -2.35. The first-order chi connectivity index (χ1) is 8.81. The van der Waals surface area contributed by atoms with E-state index in [9.17, 15) is 4.79 Å². The highest BCUT2D eigenvalue weighted by Crippen LogP contribution is 2.30. The second kappa shape index (κ2) is 7.13. The largest absolute Gasteiger partial charge is 0.340 e. The molecule has 0 aromatic heterocycles. The highest BCUT2D eigenvalue weighted by molar-refractivity contribution is 5.76. The third kappa shape index (κ3) is 4.27. The molecule has 3 heteroatoms. The van der Waals surface area contributed by atoms with Gasteiger partial charge in [0.05, 0.1) is 0 Å². The van der Waals surface area contributed by atoms with Gasteiger partial charge in [0.25, 0.3) is 0 Å². The number of amides is 1. The molecule has 104 valence electrons. The van der Waals surface area contributed by atoms with E-state index in [2.05, 4.69) is 4.90 Å². The minimum absolute atomic E-state index is 0.386. The lowest BCUT2D eigenvalue weighted by atomic mass is 9.86. The lowest BCUT2D eigenvalue weighted by Gasteiger charge is -2.25. The molecule has 0 saturated heterocycles. The first-order valence-corrected chi connectivity index (χ1v) is 7.81. The van der Waals surface area contributed by atoms with Crippen molar-refractivity contribution >= 4 is 5.91 Å². The van der Waals surface area contributed by atoms with Crippen LogP contribution in [0, 0.1) is 5.92 Å². The van der Waals surface area contributed by atoms with Crippen molar-refractivity contribution in [2.75, 3.05) is 13.1 Å². The van der Waals surface area contributed by atoms with Crippen LogP contribution in [0.25, 0.3) is 0 Å². The van der Waals surface area contributed by atoms with Crippen molar-refractivity contribution in [3.05, 3.63) is 0 Å². The summed E-state index contributed by atoms with van der Waals surface area (Å²) in [4.78, 5) is 14.4. The molecule has 1 amide bonds. The number of rotatable bonds is 7. The van der Waals surface area contributed by atoms with E-state index in [1.165, 1.54) is 44.9 Å². The number of hydrogen-bond acceptors (Lipinski definition) is 2. The number of carbonyl (C=O) groups is 1. The summed E-state index contributed by atoms with van der Waals surface area (Å²) in [5.74, 6) is 1.20. The van der Waals surface area contributed by atoms with Crippen LogP contribution in [-0.2, 0) is 4.79 Å². The van der Waals surface area contributed by atoms with E-state index < -0.39 is 0 Å². The van der Waals surface area contributed by atoms with Crippen LogP contribution in [0.4, 0.5) is 0 Å². The first-order valence-electron chi connectivity index (χ1n) is 7.81. The molecule has 3 nitrogen and oxygen atoms in total. The number of nitrogens with two attached hydrogens (primary N) is 1. The van der Waals surface area contributed by atoms with Crippen molar-refractivity contribution in [3.63, 3.8) is 0 Å². The average molecular weight is 252 g/mol. The van der Waals surface area contributed by atoms with Crippen LogP contribution in [0.5, 0.6) is 0 Å². The fourth-order valence-corrected chi connectivity index (χ4v) is 3.11. The Morgan fingerprint density at radius 2 is 1.83 bits per heavy atom. The predicted molar refractivity (Wildman–Crippen MR) is 74.2 cm³/mol. The number of carbonyl (C=O) groups excluding carboxylic acids is 1. The summed E-state index contributed by atoms with van der Waals surface area (Å²) in [6.07, 6.45) is 12.1. The van der Waals surface area contributed by atoms with Gasteiger partial charge in [-0.15, -0.1) is 0 Å². The van der Waals surface area contributed by atoms with E-state index in [-0.39, 0.29) is 0 Å². The van der Waals surface area contributed by atoms with Crippen LogP contribution in [0.3, 0.4) is 0 Å². The van der Waals surface area contributed by atoms with Crippen molar-refractivity contribution in [1.29, 1.82) is 0 Å². The molecule has 2 aliphatic rings. The van der Waals surface area contributed by atoms with Gasteiger partial charge in [-0.05, 0) is 38.1 Å². The molecule has 0 bridgehead atoms. The van der Waals surface area contributed by atoms with E-state index in [4.69, 9.17) is 5.73 Å². The van der Waals surface area contributed by atoms with E-state index in [0.29, 0.717) is 18.5 Å². The molecule has 0 unspecified atom stereocenters. The maximum absolute atomic E-state index is 12.3. The van der Waals surface area contributed by atoms with E-state index in [1.807, 2.05) is 0 Å². The molecule has 2 rings (SSSR count). The maximum Gasteiger partial charge on any atom is 0.222 e. The molecule has 0 aromatic carbocycles. The van der Waals surface area contributed by atoms with Crippen molar-refractivity contribution in [2.45, 2.75) is 70.3 Å². The van der Waals surface area contributed by atoms with Crippen molar-refractivity contribution in [1.82, 2.24) is 4.90 Å². The normalized spacial score (nSPS) is 20.9. The van der Waals surface area contributed by atoms with Gasteiger partial charge in [0.2, 0.25) is 5.91 Å². The maximum atomic E-state index is 12.3. The minimum Gasteiger partial charge on any atom is -0.340 e. The summed E-state index contributed by atoms with van der Waals surface area (Å²) < 4.78 is 0. The highest BCUT2D eigenvalue weighted by Gasteiger charge is 2.31. The van der Waals surface area contributed by atoms with Gasteiger partial charge < -0.3 is 10.6 Å². The SMILES string of the molecule is NCCCN(C(=O)CCC1CCCCC1)C1CC1. The summed E-state index contributed by atoms with van der Waals surface area (Å²) in [6.45, 7) is 1.57. The van der Waals surface area contributed by atoms with Gasteiger partial charge in [-0.3, -0.25) is 4.79 Å². The van der Waals surface area contributed by atoms with Gasteiger partial charge in [0.1, 0.15) is 0 Å². The molecule has 2 aliphatic carbocycles. The molecule has 0 atom stereocenters. The molecule has 0 aromatic rings. The van der Waals surface area contributed by atoms with Crippen molar-refractivity contribution < 1.29 is 4.79 Å². The third-order valence-corrected chi connectivity index (χ3v) is 4.40. The Balaban J connectivity index is 1.70. The monoisotopic (exact) mass is 252 g/mol. The van der Waals surface area contributed by atoms with E-state index in [1.54, 1.807) is 0 Å². The lowest BCUT2D eigenvalue weighted by molar-refractivity contribution is -0.132. The first kappa shape index (κ1) is 13.9. The molecule has 0 heterocycles. The molecule has 2 saturated carbocycles. The van der Waals surface area contributed by atoms with Crippen LogP contribution >= 0.6 is 0 Å². The molecule has 2 fully saturated rings. The Labute approximate surface area is 111 Å². The van der Waals surface area contributed by atoms with Gasteiger partial charge in [-0.25, -0.2) is 0 Å². The Bertz CT molecular complexity index is 257. The van der Waals surface area contributed by atoms with Crippen LogP contribution < -0.4 is 5.73 Å². The number of nitrogens with zero attached hydrogens (tertiary/aromatic N) is 1. The topological polar surface area (TPSA) is 46.3 Å². The van der Waals surface area contributed by atoms with Gasteiger partial charge in [0.15, 0.2) is 0 Å². The molecular formula is C15H28N2O. The van der Waals surface area contributed by atoms with E-state index in [0.717, 1.165) is 31.7 Å². The molecule has 0 aliphatic heterocycles. The van der Waals surface area contributed by atoms with Gasteiger partial charge in [0, 0.05) is 19.0 Å². The Morgan fingerprint density at radius 1 is 1.11 bits per heavy atom. The molecule has 18 heavy (non-hydrogen) atoms. The van der Waals surface area contributed by atoms with Crippen LogP contribution in [-0.4, -0.2) is 29.9 Å². The van der Waals surface area contributed by atoms with Crippen molar-refractivity contribution in [2.24, 2.45) is 11.7 Å². The molecule has 0 spiro atoms. The average Bonchev–Trinajstić information content (AvgIpc) is 3.22. The van der Waals surface area contributed by atoms with Gasteiger partial charge in [-0.1, -0.05) is 32.1 Å². The highest BCUT2D eigenvalue weighted by atomic mass is 16.2. The van der Waals surface area contributed by atoms with Crippen LogP contribution in [0.15, 0.2) is 0 Å². The molecule has 2 N–H and O–H groups in total. The molecular weight excluding hydrogens is 224 g/mol. The van der Waals surface area contributed by atoms with Crippen LogP contribution in [0.1, 0.15) is 64.2 Å². The zero-order valence-electron chi connectivity index (χ0n) is 11.6. The minimum atomic E-state index is 0.386. The summed E-state index contributed by atoms with van der Waals surface area (Å²) in [5, 5.41) is 0. The van der Waals surface area contributed by atoms with Gasteiger partial charge >= 0.3 is 0 Å². The summed E-state index contributed by atoms with van der Waals surface area (Å²) in [7, 11) is 0.